The molecule has 1 aliphatic heterocycles. The van der Waals surface area contributed by atoms with Gasteiger partial charge in [0.05, 0.1) is 16.8 Å². The number of anilines is 2. The number of hydrogen-bond acceptors (Lipinski definition) is 3. The molecule has 4 aliphatic rings. The number of fused-ring (bicyclic) bond motifs is 8. The second-order valence-corrected chi connectivity index (χ2v) is 14.5. The summed E-state index contributed by atoms with van der Waals surface area (Å²) < 4.78 is 44.5. The van der Waals surface area contributed by atoms with Crippen LogP contribution in [0.15, 0.2) is 139 Å². The molecule has 6 aromatic rings. The summed E-state index contributed by atoms with van der Waals surface area (Å²) in [6.07, 6.45) is 11.0. The van der Waals surface area contributed by atoms with E-state index in [1.165, 1.54) is 0 Å². The predicted molar refractivity (Wildman–Crippen MR) is 206 cm³/mol. The number of benzene rings is 6. The molecule has 1 heterocycles. The van der Waals surface area contributed by atoms with E-state index in [4.69, 9.17) is 0 Å². The number of hydrogen-bond donors (Lipinski definition) is 0. The van der Waals surface area contributed by atoms with Gasteiger partial charge in [-0.1, -0.05) is 109 Å². The Kier molecular flexibility index (Phi) is 7.03. The summed E-state index contributed by atoms with van der Waals surface area (Å²) in [5, 5.41) is 3.34. The molecular formula is C47H32F3NO2. The Labute approximate surface area is 304 Å². The lowest BCUT2D eigenvalue weighted by Gasteiger charge is -2.35. The highest BCUT2D eigenvalue weighted by molar-refractivity contribution is 6.40. The lowest BCUT2D eigenvalue weighted by molar-refractivity contribution is -0.135. The van der Waals surface area contributed by atoms with E-state index < -0.39 is 11.7 Å². The normalized spacial score (nSPS) is 19.3. The fourth-order valence-electron chi connectivity index (χ4n) is 9.14. The van der Waals surface area contributed by atoms with Gasteiger partial charge < -0.3 is 4.90 Å². The third-order valence-electron chi connectivity index (χ3n) is 11.5. The van der Waals surface area contributed by atoms with Crippen LogP contribution >= 0.6 is 0 Å². The molecular weight excluding hydrogens is 668 g/mol. The first-order valence-corrected chi connectivity index (χ1v) is 18.1. The highest BCUT2D eigenvalue weighted by Gasteiger charge is 2.39. The van der Waals surface area contributed by atoms with Crippen molar-refractivity contribution in [1.82, 2.24) is 0 Å². The summed E-state index contributed by atoms with van der Waals surface area (Å²) in [5.74, 6) is -0.419. The van der Waals surface area contributed by atoms with E-state index in [0.717, 1.165) is 63.8 Å². The standard InChI is InChI=1S/C47H32F3NO2/c48-47(49,50)43-34-12-4-6-14-36(34)44(37-15-7-5-13-35(37)43)51-41-16-8-3-9-28(41)18-21-33-32-20-17-27(23-31(32)19-22-42(33)51)24-40-45(52)38-25-29-10-1-2-11-30(29)26-39(38)46(40)53/h1-8,10-17,19-20,22,24-28H,9,18,21,23H2. The number of ketones is 2. The van der Waals surface area contributed by atoms with Gasteiger partial charge in [-0.3, -0.25) is 9.59 Å². The molecule has 0 saturated heterocycles. The maximum atomic E-state index is 14.8. The molecule has 53 heavy (non-hydrogen) atoms. The van der Waals surface area contributed by atoms with E-state index in [1.807, 2.05) is 66.7 Å². The van der Waals surface area contributed by atoms with Crippen molar-refractivity contribution in [2.45, 2.75) is 31.9 Å². The smallest absolute Gasteiger partial charge is 0.312 e. The molecule has 10 rings (SSSR count). The molecule has 258 valence electrons. The minimum absolute atomic E-state index is 0.147. The third-order valence-corrected chi connectivity index (χ3v) is 11.5. The number of carbonyl (C=O) groups is 2. The summed E-state index contributed by atoms with van der Waals surface area (Å²) in [5.41, 5.74) is 6.70. The van der Waals surface area contributed by atoms with Crippen LogP contribution in [0.5, 0.6) is 0 Å². The highest BCUT2D eigenvalue weighted by atomic mass is 19.4. The van der Waals surface area contributed by atoms with Gasteiger partial charge in [0.1, 0.15) is 0 Å². The molecule has 3 nitrogen and oxygen atoms in total. The first-order chi connectivity index (χ1) is 25.8. The maximum Gasteiger partial charge on any atom is 0.417 e. The fraction of sp³-hybridized carbons (Fsp3) is 0.149. The van der Waals surface area contributed by atoms with E-state index in [0.29, 0.717) is 28.3 Å². The van der Waals surface area contributed by atoms with Gasteiger partial charge in [-0.25, -0.2) is 0 Å². The Balaban J connectivity index is 1.11. The number of carbonyl (C=O) groups excluding carboxylic acids is 2. The molecule has 2 atom stereocenters. The van der Waals surface area contributed by atoms with Crippen molar-refractivity contribution in [2.75, 3.05) is 4.90 Å². The summed E-state index contributed by atoms with van der Waals surface area (Å²) in [7, 11) is 0. The van der Waals surface area contributed by atoms with Gasteiger partial charge in [-0.15, -0.1) is 0 Å². The van der Waals surface area contributed by atoms with Crippen molar-refractivity contribution < 1.29 is 22.8 Å². The number of alkyl halides is 3. The Morgan fingerprint density at radius 1 is 0.755 bits per heavy atom. The molecule has 0 spiro atoms. The van der Waals surface area contributed by atoms with Crippen LogP contribution in [0.2, 0.25) is 0 Å². The van der Waals surface area contributed by atoms with Crippen LogP contribution in [0.4, 0.5) is 24.5 Å². The molecule has 2 unspecified atom stereocenters. The average Bonchev–Trinajstić information content (AvgIpc) is 3.28. The van der Waals surface area contributed by atoms with Crippen LogP contribution in [0, 0.1) is 11.8 Å². The van der Waals surface area contributed by atoms with E-state index in [-0.39, 0.29) is 39.7 Å². The summed E-state index contributed by atoms with van der Waals surface area (Å²) >= 11 is 0. The van der Waals surface area contributed by atoms with Gasteiger partial charge in [0.15, 0.2) is 11.6 Å². The number of rotatable bonds is 2. The first-order valence-electron chi connectivity index (χ1n) is 18.1. The van der Waals surface area contributed by atoms with E-state index in [9.17, 15) is 22.8 Å². The zero-order valence-corrected chi connectivity index (χ0v) is 28.6. The predicted octanol–water partition coefficient (Wildman–Crippen LogP) is 11.9. The van der Waals surface area contributed by atoms with Crippen molar-refractivity contribution in [3.63, 3.8) is 0 Å². The van der Waals surface area contributed by atoms with Crippen LogP contribution in [-0.2, 0) is 19.0 Å². The Morgan fingerprint density at radius 2 is 1.38 bits per heavy atom. The van der Waals surface area contributed by atoms with Crippen molar-refractivity contribution in [3.8, 4) is 0 Å². The monoisotopic (exact) mass is 699 g/mol. The zero-order valence-electron chi connectivity index (χ0n) is 28.6. The highest BCUT2D eigenvalue weighted by Crippen LogP contribution is 2.52. The van der Waals surface area contributed by atoms with E-state index in [2.05, 4.69) is 47.4 Å². The maximum absolute atomic E-state index is 14.8. The van der Waals surface area contributed by atoms with Crippen molar-refractivity contribution in [2.24, 2.45) is 11.8 Å². The van der Waals surface area contributed by atoms with Crippen LogP contribution in [0.1, 0.15) is 55.8 Å². The van der Waals surface area contributed by atoms with E-state index >= 15 is 0 Å². The molecule has 6 aromatic carbocycles. The Bertz CT molecular complexity index is 2620. The lowest BCUT2D eigenvalue weighted by atomic mass is 9.83. The molecule has 0 aromatic heterocycles. The van der Waals surface area contributed by atoms with Crippen LogP contribution in [0.3, 0.4) is 0 Å². The van der Waals surface area contributed by atoms with Crippen LogP contribution in [-0.4, -0.2) is 11.6 Å². The zero-order chi connectivity index (χ0) is 36.0. The Morgan fingerprint density at radius 3 is 2.02 bits per heavy atom. The third kappa shape index (κ3) is 4.88. The number of allylic oxidation sites excluding steroid dienone is 7. The number of halogens is 3. The Hall–Kier alpha value is -6.01. The number of nitrogens with zero attached hydrogens (tertiary/aromatic N) is 1. The fourth-order valence-corrected chi connectivity index (χ4v) is 9.14. The second-order valence-electron chi connectivity index (χ2n) is 14.5. The molecule has 0 N–H and O–H groups in total. The second kappa shape index (κ2) is 11.8. The number of Topliss-reactive ketones (excluding diaryl/α,β-unsaturated/α-hetero) is 2. The first kappa shape index (κ1) is 31.7. The van der Waals surface area contributed by atoms with Gasteiger partial charge >= 0.3 is 6.18 Å². The van der Waals surface area contributed by atoms with Gasteiger partial charge in [-0.05, 0) is 88.2 Å². The molecule has 3 aliphatic carbocycles. The molecule has 6 heteroatoms. The van der Waals surface area contributed by atoms with Gasteiger partial charge in [0.25, 0.3) is 0 Å². The average molecular weight is 700 g/mol. The van der Waals surface area contributed by atoms with E-state index in [1.54, 1.807) is 24.3 Å². The largest absolute Gasteiger partial charge is 0.417 e. The quantitative estimate of drug-likeness (QED) is 0.103. The van der Waals surface area contributed by atoms with Crippen molar-refractivity contribution >= 4 is 61.3 Å². The van der Waals surface area contributed by atoms with Gasteiger partial charge in [0, 0.05) is 45.1 Å². The summed E-state index contributed by atoms with van der Waals surface area (Å²) in [4.78, 5) is 29.4. The van der Waals surface area contributed by atoms with Crippen LogP contribution < -0.4 is 4.90 Å². The summed E-state index contributed by atoms with van der Waals surface area (Å²) in [6, 6.07) is 29.4. The summed E-state index contributed by atoms with van der Waals surface area (Å²) in [6.45, 7) is 0. The molecule has 0 fully saturated rings. The molecule has 0 amide bonds. The minimum Gasteiger partial charge on any atom is -0.312 e. The molecule has 0 bridgehead atoms. The molecule has 0 radical (unpaired) electrons. The van der Waals surface area contributed by atoms with Crippen molar-refractivity contribution in [3.05, 3.63) is 172 Å². The SMILES string of the molecule is O=C1C(=CC2C=Cc3c(ccc4c3CCC3CC=CC=C3N4c3c4ccccc4c(C(F)(F)F)c4ccccc34)C2)C(=O)c2cc3ccccc3cc21. The van der Waals surface area contributed by atoms with Crippen molar-refractivity contribution in [1.29, 1.82) is 0 Å². The topological polar surface area (TPSA) is 37.4 Å². The van der Waals surface area contributed by atoms with Gasteiger partial charge in [0.2, 0.25) is 0 Å². The lowest BCUT2D eigenvalue weighted by Crippen LogP contribution is -2.24. The molecule has 0 saturated carbocycles. The van der Waals surface area contributed by atoms with Crippen LogP contribution in [0.25, 0.3) is 38.4 Å². The van der Waals surface area contributed by atoms with Gasteiger partial charge in [-0.2, -0.15) is 13.2 Å². The minimum atomic E-state index is -4.54.